The van der Waals surface area contributed by atoms with Crippen LogP contribution in [0.5, 0.6) is 0 Å². The summed E-state index contributed by atoms with van der Waals surface area (Å²) in [6.07, 6.45) is 0. The van der Waals surface area contributed by atoms with Crippen LogP contribution in [0.3, 0.4) is 0 Å². The quantitative estimate of drug-likeness (QED) is 0.719. The molecule has 1 heterocycles. The molecule has 24 heavy (non-hydrogen) atoms. The van der Waals surface area contributed by atoms with Crippen molar-refractivity contribution in [2.75, 3.05) is 7.05 Å². The van der Waals surface area contributed by atoms with Crippen molar-refractivity contribution in [3.05, 3.63) is 39.5 Å². The van der Waals surface area contributed by atoms with Gasteiger partial charge in [0.15, 0.2) is 0 Å². The number of nitrogens with zero attached hydrogens (tertiary/aromatic N) is 3. The van der Waals surface area contributed by atoms with E-state index in [4.69, 9.17) is 16.0 Å². The van der Waals surface area contributed by atoms with E-state index < -0.39 is 16.1 Å². The smallest absolute Gasteiger partial charge is 0.245 e. The number of rotatable bonds is 4. The molecule has 2 aromatic rings. The van der Waals surface area contributed by atoms with Gasteiger partial charge in [-0.15, -0.1) is 10.2 Å². The van der Waals surface area contributed by atoms with Crippen LogP contribution in [0.4, 0.5) is 0 Å². The van der Waals surface area contributed by atoms with Crippen LogP contribution < -0.4 is 0 Å². The van der Waals surface area contributed by atoms with Crippen molar-refractivity contribution in [2.45, 2.75) is 44.0 Å². The van der Waals surface area contributed by atoms with Crippen LogP contribution in [0.25, 0.3) is 0 Å². The molecule has 0 bridgehead atoms. The molecule has 0 aliphatic heterocycles. The van der Waals surface area contributed by atoms with Gasteiger partial charge < -0.3 is 4.42 Å². The Bertz CT molecular complexity index is 846. The summed E-state index contributed by atoms with van der Waals surface area (Å²) in [5.74, 6) is 0.691. The second kappa shape index (κ2) is 6.74. The maximum Gasteiger partial charge on any atom is 0.245 e. The van der Waals surface area contributed by atoms with E-state index in [1.807, 2.05) is 20.8 Å². The fourth-order valence-corrected chi connectivity index (χ4v) is 4.24. The van der Waals surface area contributed by atoms with Gasteiger partial charge in [-0.25, -0.2) is 8.42 Å². The van der Waals surface area contributed by atoms with Crippen LogP contribution in [0.2, 0.25) is 5.02 Å². The van der Waals surface area contributed by atoms with E-state index in [1.54, 1.807) is 13.0 Å². The van der Waals surface area contributed by atoms with Crippen molar-refractivity contribution in [1.29, 1.82) is 0 Å². The minimum absolute atomic E-state index is 0.0253. The molecule has 0 spiro atoms. The number of benzene rings is 1. The summed E-state index contributed by atoms with van der Waals surface area (Å²) in [5, 5.41) is 8.13. The highest BCUT2D eigenvalue weighted by molar-refractivity contribution is 9.10. The number of halogens is 2. The van der Waals surface area contributed by atoms with Crippen LogP contribution >= 0.6 is 27.5 Å². The van der Waals surface area contributed by atoms with Crippen molar-refractivity contribution in [2.24, 2.45) is 0 Å². The normalized spacial score (nSPS) is 14.2. The molecule has 1 atom stereocenters. The lowest BCUT2D eigenvalue weighted by atomic mass is 9.97. The molecule has 0 saturated carbocycles. The monoisotopic (exact) mass is 435 g/mol. The maximum atomic E-state index is 12.8. The Hall–Kier alpha value is -0.960. The molecule has 1 aromatic carbocycles. The van der Waals surface area contributed by atoms with E-state index in [1.165, 1.54) is 23.5 Å². The summed E-state index contributed by atoms with van der Waals surface area (Å²) in [6, 6.07) is 4.00. The molecule has 0 radical (unpaired) electrons. The summed E-state index contributed by atoms with van der Waals surface area (Å²) in [6.45, 7) is 7.51. The third-order valence-corrected chi connectivity index (χ3v) is 6.44. The summed E-state index contributed by atoms with van der Waals surface area (Å²) >= 11 is 9.35. The van der Waals surface area contributed by atoms with Crippen molar-refractivity contribution < 1.29 is 12.8 Å². The Labute approximate surface area is 155 Å². The third kappa shape index (κ3) is 3.82. The summed E-state index contributed by atoms with van der Waals surface area (Å²) in [5.41, 5.74) is -0.308. The fourth-order valence-electron chi connectivity index (χ4n) is 1.91. The zero-order valence-electron chi connectivity index (χ0n) is 14.0. The molecule has 9 heteroatoms. The number of sulfonamides is 1. The van der Waals surface area contributed by atoms with Gasteiger partial charge in [0.25, 0.3) is 0 Å². The SMILES string of the molecule is C[C@@H](c1nnc(C(C)(C)C)o1)N(C)S(=O)(=O)c1ccc(Br)cc1Cl. The van der Waals surface area contributed by atoms with Gasteiger partial charge >= 0.3 is 0 Å². The van der Waals surface area contributed by atoms with E-state index in [0.717, 1.165) is 0 Å². The first-order valence-corrected chi connectivity index (χ1v) is 9.82. The zero-order chi connectivity index (χ0) is 18.3. The molecule has 132 valence electrons. The Balaban J connectivity index is 2.35. The average Bonchev–Trinajstić information content (AvgIpc) is 2.95. The largest absolute Gasteiger partial charge is 0.423 e. The minimum atomic E-state index is -3.81. The first kappa shape index (κ1) is 19.4. The zero-order valence-corrected chi connectivity index (χ0v) is 17.2. The standard InChI is InChI=1S/C15H19BrClN3O3S/c1-9(13-18-19-14(23-13)15(2,3)4)20(5)24(21,22)12-7-6-10(16)8-11(12)17/h6-9H,1-5H3/t9-/m0/s1. The predicted octanol–water partition coefficient (Wildman–Crippen LogP) is 4.16. The fraction of sp³-hybridized carbons (Fsp3) is 0.467. The van der Waals surface area contributed by atoms with Crippen LogP contribution in [-0.2, 0) is 15.4 Å². The predicted molar refractivity (Wildman–Crippen MR) is 95.5 cm³/mol. The average molecular weight is 437 g/mol. The Morgan fingerprint density at radius 2 is 1.92 bits per heavy atom. The van der Waals surface area contributed by atoms with Gasteiger partial charge in [0.05, 0.1) is 5.02 Å². The van der Waals surface area contributed by atoms with Crippen LogP contribution in [0.1, 0.15) is 45.5 Å². The van der Waals surface area contributed by atoms with Gasteiger partial charge in [-0.2, -0.15) is 4.31 Å². The van der Waals surface area contributed by atoms with E-state index in [2.05, 4.69) is 26.1 Å². The van der Waals surface area contributed by atoms with E-state index in [9.17, 15) is 8.42 Å². The van der Waals surface area contributed by atoms with Crippen molar-refractivity contribution in [3.8, 4) is 0 Å². The lowest BCUT2D eigenvalue weighted by Gasteiger charge is -2.22. The van der Waals surface area contributed by atoms with Gasteiger partial charge in [0.1, 0.15) is 10.9 Å². The van der Waals surface area contributed by atoms with Crippen LogP contribution in [0, 0.1) is 0 Å². The van der Waals surface area contributed by atoms with Crippen LogP contribution in [-0.4, -0.2) is 30.0 Å². The highest BCUT2D eigenvalue weighted by Crippen LogP contribution is 2.32. The van der Waals surface area contributed by atoms with Crippen molar-refractivity contribution in [1.82, 2.24) is 14.5 Å². The molecular weight excluding hydrogens is 418 g/mol. The second-order valence-corrected chi connectivity index (χ2v) is 9.76. The summed E-state index contributed by atoms with van der Waals surface area (Å²) < 4.78 is 33.2. The molecule has 0 aliphatic carbocycles. The summed E-state index contributed by atoms with van der Waals surface area (Å²) in [4.78, 5) is 0.0253. The van der Waals surface area contributed by atoms with E-state index >= 15 is 0 Å². The van der Waals surface area contributed by atoms with E-state index in [-0.39, 0.29) is 21.2 Å². The first-order chi connectivity index (χ1) is 10.9. The van der Waals surface area contributed by atoms with Gasteiger partial charge in [-0.3, -0.25) is 0 Å². The summed E-state index contributed by atoms with van der Waals surface area (Å²) in [7, 11) is -2.35. The number of aromatic nitrogens is 2. The molecule has 0 saturated heterocycles. The molecule has 0 N–H and O–H groups in total. The molecule has 0 unspecified atom stereocenters. The first-order valence-electron chi connectivity index (χ1n) is 7.21. The molecule has 0 amide bonds. The molecule has 1 aromatic heterocycles. The van der Waals surface area contributed by atoms with Gasteiger partial charge in [0, 0.05) is 16.9 Å². The van der Waals surface area contributed by atoms with Crippen LogP contribution in [0.15, 0.2) is 32.0 Å². The highest BCUT2D eigenvalue weighted by atomic mass is 79.9. The highest BCUT2D eigenvalue weighted by Gasteiger charge is 2.32. The maximum absolute atomic E-state index is 12.8. The van der Waals surface area contributed by atoms with Crippen molar-refractivity contribution >= 4 is 37.6 Å². The Morgan fingerprint density at radius 1 is 1.29 bits per heavy atom. The molecule has 2 rings (SSSR count). The molecule has 6 nitrogen and oxygen atoms in total. The molecular formula is C15H19BrClN3O3S. The third-order valence-electron chi connectivity index (χ3n) is 3.54. The van der Waals surface area contributed by atoms with E-state index in [0.29, 0.717) is 10.4 Å². The topological polar surface area (TPSA) is 76.3 Å². The Kier molecular flexibility index (Phi) is 5.44. The van der Waals surface area contributed by atoms with Gasteiger partial charge in [-0.05, 0) is 25.1 Å². The lowest BCUT2D eigenvalue weighted by Crippen LogP contribution is -2.30. The lowest BCUT2D eigenvalue weighted by molar-refractivity contribution is 0.301. The molecule has 0 fully saturated rings. The number of hydrogen-bond donors (Lipinski definition) is 0. The van der Waals surface area contributed by atoms with Crippen molar-refractivity contribution in [3.63, 3.8) is 0 Å². The second-order valence-electron chi connectivity index (χ2n) is 6.47. The van der Waals surface area contributed by atoms with Gasteiger partial charge in [-0.1, -0.05) is 48.3 Å². The van der Waals surface area contributed by atoms with Gasteiger partial charge in [0.2, 0.25) is 21.8 Å². The number of hydrogen-bond acceptors (Lipinski definition) is 5. The Morgan fingerprint density at radius 3 is 2.42 bits per heavy atom. The molecule has 0 aliphatic rings. The minimum Gasteiger partial charge on any atom is -0.423 e.